The van der Waals surface area contributed by atoms with Gasteiger partial charge in [-0.25, -0.2) is 0 Å². The van der Waals surface area contributed by atoms with Gasteiger partial charge < -0.3 is 10.1 Å². The highest BCUT2D eigenvalue weighted by molar-refractivity contribution is 6.10. The number of amides is 1. The highest BCUT2D eigenvalue weighted by Gasteiger charge is 2.13. The third-order valence-corrected chi connectivity index (χ3v) is 3.72. The molecule has 0 radical (unpaired) electrons. The van der Waals surface area contributed by atoms with Crippen molar-refractivity contribution >= 4 is 17.4 Å². The first-order valence-corrected chi connectivity index (χ1v) is 8.14. The van der Waals surface area contributed by atoms with Crippen molar-refractivity contribution in [3.05, 3.63) is 89.7 Å². The Morgan fingerprint density at radius 3 is 2.52 bits per heavy atom. The number of benzene rings is 2. The minimum atomic E-state index is -0.314. The Balaban J connectivity index is 1.61. The van der Waals surface area contributed by atoms with Gasteiger partial charge in [-0.2, -0.15) is 5.26 Å². The minimum absolute atomic E-state index is 0.167. The van der Waals surface area contributed by atoms with Gasteiger partial charge in [0.05, 0.1) is 23.5 Å². The fourth-order valence-corrected chi connectivity index (χ4v) is 2.42. The molecule has 0 atom stereocenters. The number of anilines is 1. The van der Waals surface area contributed by atoms with E-state index in [9.17, 15) is 9.59 Å². The molecule has 2 aromatic carbocycles. The van der Waals surface area contributed by atoms with Gasteiger partial charge in [0.2, 0.25) is 0 Å². The van der Waals surface area contributed by atoms with Crippen molar-refractivity contribution in [1.29, 1.82) is 5.26 Å². The van der Waals surface area contributed by atoms with Crippen LogP contribution >= 0.6 is 0 Å². The van der Waals surface area contributed by atoms with Crippen molar-refractivity contribution in [3.63, 3.8) is 0 Å². The van der Waals surface area contributed by atoms with Crippen LogP contribution in [0.4, 0.5) is 5.69 Å². The van der Waals surface area contributed by atoms with E-state index < -0.39 is 0 Å². The molecule has 0 bridgehead atoms. The summed E-state index contributed by atoms with van der Waals surface area (Å²) in [5, 5.41) is 11.8. The number of ketones is 1. The van der Waals surface area contributed by atoms with E-state index in [1.165, 1.54) is 6.20 Å². The zero-order valence-electron chi connectivity index (χ0n) is 14.3. The van der Waals surface area contributed by atoms with Crippen LogP contribution in [0.5, 0.6) is 5.75 Å². The Morgan fingerprint density at radius 2 is 1.81 bits per heavy atom. The average molecular weight is 357 g/mol. The zero-order chi connectivity index (χ0) is 19.1. The fourth-order valence-electron chi connectivity index (χ4n) is 2.42. The van der Waals surface area contributed by atoms with Crippen LogP contribution in [0.3, 0.4) is 0 Å². The summed E-state index contributed by atoms with van der Waals surface area (Å²) < 4.78 is 5.43. The second-order valence-corrected chi connectivity index (χ2v) is 5.59. The molecule has 1 amide bonds. The number of ether oxygens (including phenoxy) is 1. The van der Waals surface area contributed by atoms with Crippen LogP contribution < -0.4 is 10.1 Å². The SMILES string of the molecule is N#Cc1ccccc1C(=O)c1ccc(OCC(=O)Nc2cccnc2)cc1. The molecule has 0 saturated carbocycles. The van der Waals surface area contributed by atoms with E-state index in [-0.39, 0.29) is 18.3 Å². The number of aromatic nitrogens is 1. The maximum absolute atomic E-state index is 12.5. The van der Waals surface area contributed by atoms with Crippen molar-refractivity contribution < 1.29 is 14.3 Å². The average Bonchev–Trinajstić information content (AvgIpc) is 2.73. The molecule has 6 heteroatoms. The lowest BCUT2D eigenvalue weighted by Crippen LogP contribution is -2.20. The van der Waals surface area contributed by atoms with Crippen molar-refractivity contribution in [3.8, 4) is 11.8 Å². The summed E-state index contributed by atoms with van der Waals surface area (Å²) in [4.78, 5) is 28.3. The molecule has 0 aliphatic heterocycles. The number of carbonyl (C=O) groups is 2. The first kappa shape index (κ1) is 17.8. The van der Waals surface area contributed by atoms with Gasteiger partial charge in [-0.05, 0) is 48.5 Å². The van der Waals surface area contributed by atoms with Crippen molar-refractivity contribution in [2.45, 2.75) is 0 Å². The summed E-state index contributed by atoms with van der Waals surface area (Å²) in [6, 6.07) is 18.5. The van der Waals surface area contributed by atoms with Crippen LogP contribution in [-0.4, -0.2) is 23.3 Å². The lowest BCUT2D eigenvalue weighted by Gasteiger charge is -2.08. The second kappa shape index (κ2) is 8.41. The van der Waals surface area contributed by atoms with Crippen LogP contribution in [0, 0.1) is 11.3 Å². The highest BCUT2D eigenvalue weighted by atomic mass is 16.5. The van der Waals surface area contributed by atoms with Crippen LogP contribution in [0.1, 0.15) is 21.5 Å². The number of nitrogens with zero attached hydrogens (tertiary/aromatic N) is 2. The summed E-state index contributed by atoms with van der Waals surface area (Å²) in [6.45, 7) is -0.167. The number of hydrogen-bond acceptors (Lipinski definition) is 5. The normalized spacial score (nSPS) is 9.89. The van der Waals surface area contributed by atoms with E-state index in [1.54, 1.807) is 66.9 Å². The van der Waals surface area contributed by atoms with E-state index >= 15 is 0 Å². The zero-order valence-corrected chi connectivity index (χ0v) is 14.3. The highest BCUT2D eigenvalue weighted by Crippen LogP contribution is 2.17. The minimum Gasteiger partial charge on any atom is -0.484 e. The molecule has 27 heavy (non-hydrogen) atoms. The van der Waals surface area contributed by atoms with Gasteiger partial charge in [0.1, 0.15) is 5.75 Å². The Labute approximate surface area is 156 Å². The van der Waals surface area contributed by atoms with Crippen LogP contribution in [0.15, 0.2) is 73.1 Å². The van der Waals surface area contributed by atoms with Gasteiger partial charge >= 0.3 is 0 Å². The number of nitriles is 1. The van der Waals surface area contributed by atoms with Gasteiger partial charge in [0, 0.05) is 17.3 Å². The molecule has 0 unspecified atom stereocenters. The summed E-state index contributed by atoms with van der Waals surface area (Å²) in [6.07, 6.45) is 3.15. The van der Waals surface area contributed by atoms with E-state index in [1.807, 2.05) is 6.07 Å². The molecule has 0 spiro atoms. The predicted molar refractivity (Wildman–Crippen MR) is 99.4 cm³/mol. The largest absolute Gasteiger partial charge is 0.484 e. The number of carbonyl (C=O) groups excluding carboxylic acids is 2. The molecule has 0 aliphatic carbocycles. The molecule has 0 saturated heterocycles. The number of pyridine rings is 1. The molecule has 0 fully saturated rings. The maximum Gasteiger partial charge on any atom is 0.262 e. The maximum atomic E-state index is 12.5. The Bertz CT molecular complexity index is 993. The molecule has 1 aromatic heterocycles. The van der Waals surface area contributed by atoms with Crippen molar-refractivity contribution in [1.82, 2.24) is 4.98 Å². The summed E-state index contributed by atoms with van der Waals surface area (Å²) in [5.74, 6) is -0.0967. The van der Waals surface area contributed by atoms with E-state index in [0.717, 1.165) is 0 Å². The number of rotatable bonds is 6. The van der Waals surface area contributed by atoms with E-state index in [2.05, 4.69) is 10.3 Å². The lowest BCUT2D eigenvalue weighted by molar-refractivity contribution is -0.118. The standard InChI is InChI=1S/C21H15N3O3/c22-12-16-4-1-2-6-19(16)21(26)15-7-9-18(10-8-15)27-14-20(25)24-17-5-3-11-23-13-17/h1-11,13H,14H2,(H,24,25). The van der Waals surface area contributed by atoms with Crippen molar-refractivity contribution in [2.75, 3.05) is 11.9 Å². The first-order valence-electron chi connectivity index (χ1n) is 8.14. The van der Waals surface area contributed by atoms with Crippen LogP contribution in [-0.2, 0) is 4.79 Å². The molecular weight excluding hydrogens is 342 g/mol. The van der Waals surface area contributed by atoms with Gasteiger partial charge in [-0.3, -0.25) is 14.6 Å². The van der Waals surface area contributed by atoms with Gasteiger partial charge in [-0.1, -0.05) is 12.1 Å². The molecule has 132 valence electrons. The summed E-state index contributed by atoms with van der Waals surface area (Å²) >= 11 is 0. The van der Waals surface area contributed by atoms with Crippen LogP contribution in [0.2, 0.25) is 0 Å². The summed E-state index contributed by atoms with van der Waals surface area (Å²) in [7, 11) is 0. The second-order valence-electron chi connectivity index (χ2n) is 5.59. The topological polar surface area (TPSA) is 92.1 Å². The predicted octanol–water partition coefficient (Wildman–Crippen LogP) is 3.20. The smallest absolute Gasteiger partial charge is 0.262 e. The van der Waals surface area contributed by atoms with Gasteiger partial charge in [0.25, 0.3) is 5.91 Å². The lowest BCUT2D eigenvalue weighted by atomic mass is 9.99. The fraction of sp³-hybridized carbons (Fsp3) is 0.0476. The van der Waals surface area contributed by atoms with Gasteiger partial charge in [0.15, 0.2) is 12.4 Å². The van der Waals surface area contributed by atoms with Gasteiger partial charge in [-0.15, -0.1) is 0 Å². The number of nitrogens with one attached hydrogen (secondary N) is 1. The third-order valence-electron chi connectivity index (χ3n) is 3.72. The van der Waals surface area contributed by atoms with Crippen LogP contribution in [0.25, 0.3) is 0 Å². The van der Waals surface area contributed by atoms with E-state index in [0.29, 0.717) is 28.1 Å². The molecule has 6 nitrogen and oxygen atoms in total. The molecule has 0 aliphatic rings. The third kappa shape index (κ3) is 4.55. The number of hydrogen-bond donors (Lipinski definition) is 1. The summed E-state index contributed by atoms with van der Waals surface area (Å²) in [5.41, 5.74) is 1.70. The Kier molecular flexibility index (Phi) is 5.55. The molecule has 3 rings (SSSR count). The molecular formula is C21H15N3O3. The van der Waals surface area contributed by atoms with E-state index in [4.69, 9.17) is 10.00 Å². The monoisotopic (exact) mass is 357 g/mol. The molecule has 3 aromatic rings. The Morgan fingerprint density at radius 1 is 1.04 bits per heavy atom. The molecule has 1 N–H and O–H groups in total. The van der Waals surface area contributed by atoms with Crippen molar-refractivity contribution in [2.24, 2.45) is 0 Å². The molecule has 1 heterocycles. The first-order chi connectivity index (χ1) is 13.2. The quantitative estimate of drug-likeness (QED) is 0.684. The Hall–Kier alpha value is -3.98.